The molecule has 0 unspecified atom stereocenters. The highest BCUT2D eigenvalue weighted by molar-refractivity contribution is 7.70. The minimum Gasteiger partial charge on any atom is -0.316 e. The zero-order chi connectivity index (χ0) is 23.9. The minimum absolute atomic E-state index is 0.392. The monoisotopic (exact) mass is 481 g/mol. The molecule has 172 valence electrons. The Morgan fingerprint density at radius 3 is 2.21 bits per heavy atom. The second-order valence-electron chi connectivity index (χ2n) is 7.75. The third-order valence-corrected chi connectivity index (χ3v) is 5.92. The van der Waals surface area contributed by atoms with Crippen LogP contribution < -0.4 is 10.3 Å². The average molecular weight is 481 g/mol. The van der Waals surface area contributed by atoms with Crippen LogP contribution in [0.3, 0.4) is 0 Å². The molecule has 5 rings (SSSR count). The summed E-state index contributed by atoms with van der Waals surface area (Å²) < 4.78 is 63.6. The van der Waals surface area contributed by atoms with Crippen molar-refractivity contribution in [1.29, 1.82) is 0 Å². The van der Waals surface area contributed by atoms with Crippen molar-refractivity contribution in [3.8, 4) is 16.9 Å². The predicted octanol–water partition coefficient (Wildman–Crippen LogP) is 5.91. The third kappa shape index (κ3) is 4.23. The molecule has 2 N–H and O–H groups in total. The van der Waals surface area contributed by atoms with Gasteiger partial charge in [-0.25, -0.2) is 8.42 Å². The fourth-order valence-electron chi connectivity index (χ4n) is 4.04. The van der Waals surface area contributed by atoms with Gasteiger partial charge in [-0.05, 0) is 63.5 Å². The highest BCUT2D eigenvalue weighted by atomic mass is 32.2. The van der Waals surface area contributed by atoms with Crippen LogP contribution in [0.1, 0.15) is 5.56 Å². The normalized spacial score (nSPS) is 12.0. The molecule has 0 aliphatic carbocycles. The van der Waals surface area contributed by atoms with Gasteiger partial charge in [0.15, 0.2) is 0 Å². The zero-order valence-electron chi connectivity index (χ0n) is 17.5. The molecular weight excluding hydrogens is 463 g/mol. The number of nitrogens with one attached hydrogen (secondary N) is 2. The van der Waals surface area contributed by atoms with E-state index in [1.54, 1.807) is 24.3 Å². The summed E-state index contributed by atoms with van der Waals surface area (Å²) in [6.07, 6.45) is -3.44. The van der Waals surface area contributed by atoms with E-state index in [1.165, 1.54) is 4.57 Å². The molecule has 0 atom stereocenters. The van der Waals surface area contributed by atoms with Crippen molar-refractivity contribution in [2.45, 2.75) is 6.18 Å². The summed E-state index contributed by atoms with van der Waals surface area (Å²) in [6, 6.07) is 25.1. The number of anilines is 1. The lowest BCUT2D eigenvalue weighted by atomic mass is 9.99. The quantitative estimate of drug-likeness (QED) is 0.166. The highest BCUT2D eigenvalue weighted by Gasteiger charge is 2.33. The summed E-state index contributed by atoms with van der Waals surface area (Å²) in [4.78, 5) is 2.06. The molecule has 1 aromatic heterocycles. The van der Waals surface area contributed by atoms with Crippen LogP contribution in [-0.2, 0) is 17.1 Å². The number of aromatic nitrogens is 1. The van der Waals surface area contributed by atoms with Crippen LogP contribution in [0.2, 0.25) is 0 Å². The lowest BCUT2D eigenvalue weighted by Gasteiger charge is -2.12. The number of thiol groups is 1. The van der Waals surface area contributed by atoms with Gasteiger partial charge < -0.3 is 9.99 Å². The maximum Gasteiger partial charge on any atom is 0.417 e. The van der Waals surface area contributed by atoms with Crippen molar-refractivity contribution in [3.63, 3.8) is 0 Å². The molecule has 1 heterocycles. The lowest BCUT2D eigenvalue weighted by Crippen LogP contribution is -2.18. The van der Waals surface area contributed by atoms with E-state index in [0.717, 1.165) is 33.8 Å². The second-order valence-corrected chi connectivity index (χ2v) is 8.48. The minimum atomic E-state index is -4.50. The van der Waals surface area contributed by atoms with Crippen molar-refractivity contribution in [1.82, 2.24) is 9.40 Å². The molecule has 0 fully saturated rings. The van der Waals surface area contributed by atoms with E-state index < -0.39 is 22.6 Å². The molecule has 0 aliphatic rings. The van der Waals surface area contributed by atoms with Crippen LogP contribution in [0.5, 0.6) is 0 Å². The molecule has 4 aromatic carbocycles. The van der Waals surface area contributed by atoms with Crippen LogP contribution in [-0.4, -0.2) is 13.0 Å². The summed E-state index contributed by atoms with van der Waals surface area (Å²) in [5, 5.41) is 4.12. The number of hydrogen-bond donors (Lipinski definition) is 3. The van der Waals surface area contributed by atoms with Gasteiger partial charge in [-0.3, -0.25) is 0 Å². The summed E-state index contributed by atoms with van der Waals surface area (Å²) in [7, 11) is -2.84. The largest absolute Gasteiger partial charge is 0.417 e. The zero-order valence-corrected chi connectivity index (χ0v) is 18.4. The van der Waals surface area contributed by atoms with Gasteiger partial charge in [0, 0.05) is 17.6 Å². The predicted molar refractivity (Wildman–Crippen MR) is 128 cm³/mol. The standard InChI is InChI=1S/C25H18F3N3O2S/c26-25(27,28)19-14-24(31(15-19)21-10-8-20(9-11-21)29-30-34(32)33)18-7-12-23-17(13-18)6-5-16-3-1-2-4-22(16)23/h1-15,29,34H,(H,30,32,33). The number of hydrazine groups is 1. The Bertz CT molecular complexity index is 1580. The molecule has 0 saturated heterocycles. The number of alkyl halides is 3. The Morgan fingerprint density at radius 2 is 1.47 bits per heavy atom. The number of fused-ring (bicyclic) bond motifs is 3. The van der Waals surface area contributed by atoms with Crippen molar-refractivity contribution >= 4 is 38.1 Å². The number of benzene rings is 4. The lowest BCUT2D eigenvalue weighted by molar-refractivity contribution is -0.137. The van der Waals surface area contributed by atoms with E-state index in [9.17, 15) is 21.6 Å². The number of halogens is 3. The van der Waals surface area contributed by atoms with Gasteiger partial charge in [0.05, 0.1) is 11.3 Å². The van der Waals surface area contributed by atoms with Gasteiger partial charge in [-0.2, -0.15) is 13.2 Å². The van der Waals surface area contributed by atoms with Gasteiger partial charge >= 0.3 is 6.18 Å². The number of hydrogen-bond acceptors (Lipinski definition) is 3. The molecule has 0 saturated carbocycles. The van der Waals surface area contributed by atoms with E-state index in [1.807, 2.05) is 54.6 Å². The molecule has 5 nitrogen and oxygen atoms in total. The third-order valence-electron chi connectivity index (χ3n) is 5.63. The first kappa shape index (κ1) is 22.0. The van der Waals surface area contributed by atoms with Crippen LogP contribution in [0, 0.1) is 0 Å². The van der Waals surface area contributed by atoms with Crippen molar-refractivity contribution < 1.29 is 21.6 Å². The molecule has 0 bridgehead atoms. The summed E-state index contributed by atoms with van der Waals surface area (Å²) in [5.74, 6) is 0. The Hall–Kier alpha value is -3.82. The maximum absolute atomic E-state index is 13.6. The molecule has 5 aromatic rings. The molecule has 0 aliphatic heterocycles. The molecule has 34 heavy (non-hydrogen) atoms. The molecule has 0 radical (unpaired) electrons. The van der Waals surface area contributed by atoms with Crippen LogP contribution in [0.15, 0.2) is 91.1 Å². The molecule has 0 amide bonds. The molecule has 9 heteroatoms. The van der Waals surface area contributed by atoms with Crippen molar-refractivity contribution in [2.24, 2.45) is 0 Å². The van der Waals surface area contributed by atoms with E-state index >= 15 is 0 Å². The smallest absolute Gasteiger partial charge is 0.316 e. The molecule has 0 spiro atoms. The Balaban J connectivity index is 1.61. The SMILES string of the molecule is O=[SH](=O)NNc1ccc(-n2cc(C(F)(F)F)cc2-c2ccc3c(ccc4ccccc43)c2)cc1. The molecular formula is C25H18F3N3O2S. The van der Waals surface area contributed by atoms with Crippen molar-refractivity contribution in [3.05, 3.63) is 96.7 Å². The Kier molecular flexibility index (Phi) is 5.51. The highest BCUT2D eigenvalue weighted by Crippen LogP contribution is 2.37. The van der Waals surface area contributed by atoms with Gasteiger partial charge in [-0.15, -0.1) is 4.83 Å². The van der Waals surface area contributed by atoms with Crippen LogP contribution in [0.25, 0.3) is 38.5 Å². The van der Waals surface area contributed by atoms with E-state index in [2.05, 4.69) is 10.3 Å². The first-order valence-corrected chi connectivity index (χ1v) is 11.5. The van der Waals surface area contributed by atoms with Gasteiger partial charge in [-0.1, -0.05) is 48.5 Å². The van der Waals surface area contributed by atoms with E-state index in [0.29, 0.717) is 22.6 Å². The fourth-order valence-corrected chi connectivity index (χ4v) is 4.26. The number of nitrogens with zero attached hydrogens (tertiary/aromatic N) is 1. The summed E-state index contributed by atoms with van der Waals surface area (Å²) in [5.41, 5.74) is 3.73. The first-order valence-electron chi connectivity index (χ1n) is 10.3. The van der Waals surface area contributed by atoms with Gasteiger partial charge in [0.2, 0.25) is 10.9 Å². The summed E-state index contributed by atoms with van der Waals surface area (Å²) in [6.45, 7) is 0. The van der Waals surface area contributed by atoms with Gasteiger partial charge in [0.1, 0.15) is 0 Å². The number of rotatable bonds is 5. The average Bonchev–Trinajstić information content (AvgIpc) is 3.29. The maximum atomic E-state index is 13.6. The summed E-state index contributed by atoms with van der Waals surface area (Å²) >= 11 is 0. The van der Waals surface area contributed by atoms with Crippen LogP contribution >= 0.6 is 0 Å². The second kappa shape index (κ2) is 8.51. The van der Waals surface area contributed by atoms with Crippen molar-refractivity contribution in [2.75, 3.05) is 5.43 Å². The fraction of sp³-hybridized carbons (Fsp3) is 0.0400. The Labute approximate surface area is 194 Å². The van der Waals surface area contributed by atoms with E-state index in [-0.39, 0.29) is 0 Å². The Morgan fingerprint density at radius 1 is 0.765 bits per heavy atom. The van der Waals surface area contributed by atoms with E-state index in [4.69, 9.17) is 0 Å². The van der Waals surface area contributed by atoms with Gasteiger partial charge in [0.25, 0.3) is 0 Å². The first-order chi connectivity index (χ1) is 16.3. The van der Waals surface area contributed by atoms with Crippen LogP contribution in [0.4, 0.5) is 18.9 Å². The topological polar surface area (TPSA) is 63.1 Å².